The molecule has 1 aromatic heterocycles. The van der Waals surface area contributed by atoms with E-state index in [0.717, 1.165) is 0 Å². The smallest absolute Gasteiger partial charge is 0.245 e. The van der Waals surface area contributed by atoms with E-state index < -0.39 is 0 Å². The van der Waals surface area contributed by atoms with Gasteiger partial charge in [0.1, 0.15) is 6.33 Å². The van der Waals surface area contributed by atoms with Crippen molar-refractivity contribution in [2.75, 3.05) is 0 Å². The summed E-state index contributed by atoms with van der Waals surface area (Å²) < 4.78 is 0. The lowest BCUT2D eigenvalue weighted by Gasteiger charge is -1.99. The van der Waals surface area contributed by atoms with Crippen LogP contribution in [0.2, 0.25) is 0 Å². The van der Waals surface area contributed by atoms with Crippen LogP contribution in [-0.2, 0) is 9.59 Å². The highest BCUT2D eigenvalue weighted by Crippen LogP contribution is 2.09. The van der Waals surface area contributed by atoms with Gasteiger partial charge in [-0.2, -0.15) is 9.59 Å². The Bertz CT molecular complexity index is 240. The molecule has 0 saturated carbocycles. The van der Waals surface area contributed by atoms with Crippen LogP contribution in [0.4, 0.5) is 0 Å². The summed E-state index contributed by atoms with van der Waals surface area (Å²) in [6, 6.07) is 0. The summed E-state index contributed by atoms with van der Waals surface area (Å²) in [5, 5.41) is 0. The lowest BCUT2D eigenvalue weighted by Crippen LogP contribution is -1.88. The van der Waals surface area contributed by atoms with Gasteiger partial charge >= 0.3 is 6.15 Å². The summed E-state index contributed by atoms with van der Waals surface area (Å²) in [6.45, 7) is 4.25. The van der Waals surface area contributed by atoms with Crippen LogP contribution in [0.3, 0.4) is 0 Å². The van der Waals surface area contributed by atoms with Crippen molar-refractivity contribution < 1.29 is 9.59 Å². The minimum Gasteiger partial charge on any atom is -0.245 e. The molecule has 0 aliphatic heterocycles. The molecule has 1 aromatic rings. The van der Waals surface area contributed by atoms with Gasteiger partial charge in [0, 0.05) is 12.4 Å². The fourth-order valence-corrected chi connectivity index (χ4v) is 0.609. The second-order valence-electron chi connectivity index (χ2n) is 2.41. The molecule has 0 aromatic carbocycles. The third kappa shape index (κ3) is 4.30. The zero-order valence-electron chi connectivity index (χ0n) is 7.02. The molecule has 0 radical (unpaired) electrons. The number of rotatable bonds is 1. The van der Waals surface area contributed by atoms with E-state index in [1.165, 1.54) is 5.56 Å². The molecule has 0 saturated heterocycles. The summed E-state index contributed by atoms with van der Waals surface area (Å²) in [4.78, 5) is 24.0. The first-order valence-electron chi connectivity index (χ1n) is 3.46. The molecule has 0 aliphatic carbocycles. The molecular weight excluding hydrogens is 156 g/mol. The van der Waals surface area contributed by atoms with Gasteiger partial charge in [-0.05, 0) is 11.5 Å². The van der Waals surface area contributed by atoms with Gasteiger partial charge in [0.25, 0.3) is 0 Å². The van der Waals surface area contributed by atoms with Crippen LogP contribution in [-0.4, -0.2) is 16.1 Å². The highest BCUT2D eigenvalue weighted by atomic mass is 16.2. The fraction of sp³-hybridized carbons (Fsp3) is 0.375. The predicted molar refractivity (Wildman–Crippen MR) is 41.1 cm³/mol. The van der Waals surface area contributed by atoms with Crippen molar-refractivity contribution >= 4 is 6.15 Å². The molecule has 0 fully saturated rings. The molecule has 1 heterocycles. The molecule has 12 heavy (non-hydrogen) atoms. The second kappa shape index (κ2) is 6.19. The third-order valence-electron chi connectivity index (χ3n) is 1.25. The molecule has 0 bridgehead atoms. The highest BCUT2D eigenvalue weighted by molar-refractivity contribution is 5.20. The van der Waals surface area contributed by atoms with Crippen molar-refractivity contribution in [3.63, 3.8) is 0 Å². The van der Waals surface area contributed by atoms with E-state index in [-0.39, 0.29) is 6.15 Å². The first-order chi connectivity index (χ1) is 5.72. The molecule has 0 unspecified atom stereocenters. The van der Waals surface area contributed by atoms with E-state index in [1.54, 1.807) is 6.33 Å². The average Bonchev–Trinajstić information content (AvgIpc) is 2.07. The fourth-order valence-electron chi connectivity index (χ4n) is 0.609. The van der Waals surface area contributed by atoms with Crippen molar-refractivity contribution in [1.82, 2.24) is 9.97 Å². The summed E-state index contributed by atoms with van der Waals surface area (Å²) in [5.41, 5.74) is 1.19. The number of hydrogen-bond donors (Lipinski definition) is 0. The van der Waals surface area contributed by atoms with E-state index in [9.17, 15) is 0 Å². The Balaban J connectivity index is 0.000000354. The van der Waals surface area contributed by atoms with E-state index >= 15 is 0 Å². The van der Waals surface area contributed by atoms with Gasteiger partial charge < -0.3 is 0 Å². The van der Waals surface area contributed by atoms with Gasteiger partial charge in [-0.1, -0.05) is 13.8 Å². The Kier molecular flexibility index (Phi) is 5.39. The van der Waals surface area contributed by atoms with E-state index in [4.69, 9.17) is 9.59 Å². The zero-order valence-corrected chi connectivity index (χ0v) is 7.02. The Morgan fingerprint density at radius 2 is 1.67 bits per heavy atom. The molecule has 4 nitrogen and oxygen atoms in total. The quantitative estimate of drug-likeness (QED) is 0.624. The SMILES string of the molecule is CC(C)c1cncnc1.O=C=O. The van der Waals surface area contributed by atoms with Crippen LogP contribution in [0, 0.1) is 0 Å². The van der Waals surface area contributed by atoms with Crippen molar-refractivity contribution in [2.45, 2.75) is 19.8 Å². The second-order valence-corrected chi connectivity index (χ2v) is 2.41. The van der Waals surface area contributed by atoms with Crippen LogP contribution in [0.5, 0.6) is 0 Å². The van der Waals surface area contributed by atoms with Crippen molar-refractivity contribution in [3.8, 4) is 0 Å². The first kappa shape index (κ1) is 10.5. The first-order valence-corrected chi connectivity index (χ1v) is 3.46. The largest absolute Gasteiger partial charge is 0.373 e. The molecule has 64 valence electrons. The minimum atomic E-state index is 0.250. The van der Waals surface area contributed by atoms with Crippen LogP contribution in [0.15, 0.2) is 18.7 Å². The van der Waals surface area contributed by atoms with Crippen LogP contribution in [0.25, 0.3) is 0 Å². The molecule has 4 heteroatoms. The zero-order chi connectivity index (χ0) is 9.40. The minimum absolute atomic E-state index is 0.250. The van der Waals surface area contributed by atoms with Gasteiger partial charge in [0.2, 0.25) is 0 Å². The van der Waals surface area contributed by atoms with Gasteiger partial charge in [-0.15, -0.1) is 0 Å². The Labute approximate surface area is 70.7 Å². The molecule has 0 amide bonds. The van der Waals surface area contributed by atoms with Crippen molar-refractivity contribution in [2.24, 2.45) is 0 Å². The standard InChI is InChI=1S/C7H10N2.CO2/c1-6(2)7-3-8-5-9-4-7;2-1-3/h3-6H,1-2H3;. The Morgan fingerprint density at radius 3 is 1.92 bits per heavy atom. The maximum absolute atomic E-state index is 8.12. The molecule has 0 atom stereocenters. The summed E-state index contributed by atoms with van der Waals surface area (Å²) in [6.07, 6.45) is 5.49. The molecule has 1 rings (SSSR count). The number of hydrogen-bond acceptors (Lipinski definition) is 4. The molecule has 0 aliphatic rings. The summed E-state index contributed by atoms with van der Waals surface area (Å²) in [7, 11) is 0. The maximum Gasteiger partial charge on any atom is 0.373 e. The van der Waals surface area contributed by atoms with Crippen molar-refractivity contribution in [1.29, 1.82) is 0 Å². The lowest BCUT2D eigenvalue weighted by molar-refractivity contribution is -0.191. The molecule has 0 spiro atoms. The Morgan fingerprint density at radius 1 is 1.25 bits per heavy atom. The van der Waals surface area contributed by atoms with E-state index in [1.807, 2.05) is 12.4 Å². The average molecular weight is 166 g/mol. The van der Waals surface area contributed by atoms with E-state index in [0.29, 0.717) is 5.92 Å². The normalized spacial score (nSPS) is 8.25. The predicted octanol–water partition coefficient (Wildman–Crippen LogP) is 1.02. The summed E-state index contributed by atoms with van der Waals surface area (Å²) in [5.74, 6) is 0.534. The lowest BCUT2D eigenvalue weighted by atomic mass is 10.1. The highest BCUT2D eigenvalue weighted by Gasteiger charge is 1.95. The molecule has 0 N–H and O–H groups in total. The summed E-state index contributed by atoms with van der Waals surface area (Å²) >= 11 is 0. The van der Waals surface area contributed by atoms with Crippen LogP contribution >= 0.6 is 0 Å². The maximum atomic E-state index is 8.12. The van der Waals surface area contributed by atoms with Gasteiger partial charge in [0.05, 0.1) is 0 Å². The Hall–Kier alpha value is -1.54. The topological polar surface area (TPSA) is 59.9 Å². The third-order valence-corrected chi connectivity index (χ3v) is 1.25. The van der Waals surface area contributed by atoms with Crippen LogP contribution in [0.1, 0.15) is 25.3 Å². The monoisotopic (exact) mass is 166 g/mol. The van der Waals surface area contributed by atoms with E-state index in [2.05, 4.69) is 23.8 Å². The number of carbonyl (C=O) groups excluding carboxylic acids is 2. The van der Waals surface area contributed by atoms with Crippen molar-refractivity contribution in [3.05, 3.63) is 24.3 Å². The number of nitrogens with zero attached hydrogens (tertiary/aromatic N) is 2. The van der Waals surface area contributed by atoms with Crippen LogP contribution < -0.4 is 0 Å². The molecular formula is C8H10N2O2. The number of aromatic nitrogens is 2. The van der Waals surface area contributed by atoms with Gasteiger partial charge in [-0.3, -0.25) is 0 Å². The van der Waals surface area contributed by atoms with Gasteiger partial charge in [0.15, 0.2) is 0 Å². The van der Waals surface area contributed by atoms with Gasteiger partial charge in [-0.25, -0.2) is 9.97 Å².